The lowest BCUT2D eigenvalue weighted by Gasteiger charge is -2.48. The Kier molecular flexibility index (Phi) is 5.00. The predicted octanol–water partition coefficient (Wildman–Crippen LogP) is 3.02. The Morgan fingerprint density at radius 1 is 1.23 bits per heavy atom. The Morgan fingerprint density at radius 3 is 3.04 bits per heavy atom. The number of rotatable bonds is 5. The van der Waals surface area contributed by atoms with Crippen molar-refractivity contribution in [3.63, 3.8) is 0 Å². The van der Waals surface area contributed by atoms with Crippen LogP contribution in [-0.2, 0) is 16.1 Å². The van der Waals surface area contributed by atoms with Gasteiger partial charge in [-0.25, -0.2) is 0 Å². The maximum atomic E-state index is 12.3. The van der Waals surface area contributed by atoms with Crippen LogP contribution in [0.5, 0.6) is 0 Å². The Morgan fingerprint density at radius 2 is 2.15 bits per heavy atom. The second-order valence-electron chi connectivity index (χ2n) is 8.02. The number of nitrogens with zero attached hydrogens (tertiary/aromatic N) is 2. The lowest BCUT2D eigenvalue weighted by atomic mass is 9.73. The molecule has 1 atom stereocenters. The van der Waals surface area contributed by atoms with Gasteiger partial charge in [0.15, 0.2) is 0 Å². The lowest BCUT2D eigenvalue weighted by Crippen LogP contribution is -2.54. The van der Waals surface area contributed by atoms with Gasteiger partial charge in [-0.15, -0.1) is 0 Å². The highest BCUT2D eigenvalue weighted by molar-refractivity contribution is 5.80. The maximum Gasteiger partial charge on any atom is 0.222 e. The molecular formula is C21H29N3O2. The number of benzene rings is 1. The molecule has 1 amide bonds. The molecule has 5 heteroatoms. The van der Waals surface area contributed by atoms with Gasteiger partial charge < -0.3 is 14.6 Å². The van der Waals surface area contributed by atoms with E-state index in [1.165, 1.54) is 29.3 Å². The molecule has 0 aliphatic carbocycles. The molecule has 4 rings (SSSR count). The van der Waals surface area contributed by atoms with E-state index in [4.69, 9.17) is 4.74 Å². The number of likely N-dealkylation sites (tertiary alicyclic amines) is 2. The molecule has 2 aliphatic rings. The topological polar surface area (TPSA) is 48.6 Å². The third kappa shape index (κ3) is 3.64. The SMILES string of the molecule is COCCN1C[C@@]2(CCCN(Cc3ccc4[nH]ccc4c3)C2)CCC1=O. The molecule has 0 bridgehead atoms. The maximum absolute atomic E-state index is 12.3. The number of hydrogen-bond donors (Lipinski definition) is 1. The Bertz CT molecular complexity index is 771. The molecule has 0 saturated carbocycles. The van der Waals surface area contributed by atoms with E-state index in [0.29, 0.717) is 18.9 Å². The van der Waals surface area contributed by atoms with Gasteiger partial charge in [0.25, 0.3) is 0 Å². The van der Waals surface area contributed by atoms with Crippen LogP contribution >= 0.6 is 0 Å². The van der Waals surface area contributed by atoms with Crippen LogP contribution < -0.4 is 0 Å². The number of piperidine rings is 2. The molecule has 0 unspecified atom stereocenters. The molecule has 5 nitrogen and oxygen atoms in total. The van der Waals surface area contributed by atoms with Crippen molar-refractivity contribution in [1.82, 2.24) is 14.8 Å². The molecule has 1 spiro atoms. The molecule has 2 aromatic rings. The smallest absolute Gasteiger partial charge is 0.222 e. The van der Waals surface area contributed by atoms with Crippen molar-refractivity contribution in [1.29, 1.82) is 0 Å². The molecule has 2 fully saturated rings. The summed E-state index contributed by atoms with van der Waals surface area (Å²) in [4.78, 5) is 20.1. The summed E-state index contributed by atoms with van der Waals surface area (Å²) < 4.78 is 5.19. The first kappa shape index (κ1) is 17.6. The van der Waals surface area contributed by atoms with Gasteiger partial charge in [0.2, 0.25) is 5.91 Å². The summed E-state index contributed by atoms with van der Waals surface area (Å²) >= 11 is 0. The van der Waals surface area contributed by atoms with E-state index < -0.39 is 0 Å². The van der Waals surface area contributed by atoms with Crippen LogP contribution in [0.25, 0.3) is 10.9 Å². The molecule has 1 aromatic heterocycles. The third-order valence-corrected chi connectivity index (χ3v) is 6.08. The van der Waals surface area contributed by atoms with Gasteiger partial charge in [-0.1, -0.05) is 6.07 Å². The lowest BCUT2D eigenvalue weighted by molar-refractivity contribution is -0.140. The zero-order valence-corrected chi connectivity index (χ0v) is 15.7. The summed E-state index contributed by atoms with van der Waals surface area (Å²) in [7, 11) is 1.70. The highest BCUT2D eigenvalue weighted by Gasteiger charge is 2.41. The third-order valence-electron chi connectivity index (χ3n) is 6.08. The fraction of sp³-hybridized carbons (Fsp3) is 0.571. The molecule has 140 valence electrons. The van der Waals surface area contributed by atoms with Gasteiger partial charge in [-0.3, -0.25) is 9.69 Å². The zero-order chi connectivity index (χ0) is 18.0. The fourth-order valence-corrected chi connectivity index (χ4v) is 4.75. The Hall–Kier alpha value is -1.85. The van der Waals surface area contributed by atoms with Crippen LogP contribution in [0, 0.1) is 5.41 Å². The van der Waals surface area contributed by atoms with E-state index >= 15 is 0 Å². The monoisotopic (exact) mass is 355 g/mol. The number of methoxy groups -OCH3 is 1. The molecule has 2 saturated heterocycles. The van der Waals surface area contributed by atoms with Gasteiger partial charge in [0, 0.05) is 56.8 Å². The summed E-state index contributed by atoms with van der Waals surface area (Å²) in [6.45, 7) is 5.48. The number of aromatic amines is 1. The molecule has 0 radical (unpaired) electrons. The van der Waals surface area contributed by atoms with Crippen LogP contribution in [0.1, 0.15) is 31.2 Å². The highest BCUT2D eigenvalue weighted by Crippen LogP contribution is 2.39. The number of ether oxygens (including phenoxy) is 1. The number of amides is 1. The summed E-state index contributed by atoms with van der Waals surface area (Å²) in [5, 5.41) is 1.28. The molecule has 26 heavy (non-hydrogen) atoms. The predicted molar refractivity (Wildman–Crippen MR) is 103 cm³/mol. The summed E-state index contributed by atoms with van der Waals surface area (Å²) in [6.07, 6.45) is 6.17. The highest BCUT2D eigenvalue weighted by atomic mass is 16.5. The number of nitrogens with one attached hydrogen (secondary N) is 1. The van der Waals surface area contributed by atoms with Crippen LogP contribution in [0.15, 0.2) is 30.5 Å². The number of fused-ring (bicyclic) bond motifs is 1. The van der Waals surface area contributed by atoms with Crippen molar-refractivity contribution in [2.45, 2.75) is 32.2 Å². The summed E-state index contributed by atoms with van der Waals surface area (Å²) in [5.74, 6) is 0.294. The number of hydrogen-bond acceptors (Lipinski definition) is 3. The minimum atomic E-state index is 0.262. The van der Waals surface area contributed by atoms with Gasteiger partial charge in [0.05, 0.1) is 6.61 Å². The van der Waals surface area contributed by atoms with Crippen LogP contribution in [-0.4, -0.2) is 60.6 Å². The average molecular weight is 355 g/mol. The van der Waals surface area contributed by atoms with Gasteiger partial charge in [0.1, 0.15) is 0 Å². The molecular weight excluding hydrogens is 326 g/mol. The van der Waals surface area contributed by atoms with E-state index in [9.17, 15) is 4.79 Å². The number of carbonyl (C=O) groups excluding carboxylic acids is 1. The van der Waals surface area contributed by atoms with Crippen molar-refractivity contribution in [2.24, 2.45) is 5.41 Å². The average Bonchev–Trinajstić information content (AvgIpc) is 3.11. The first-order valence-corrected chi connectivity index (χ1v) is 9.73. The van der Waals surface area contributed by atoms with E-state index in [1.54, 1.807) is 7.11 Å². The fourth-order valence-electron chi connectivity index (χ4n) is 4.75. The minimum absolute atomic E-state index is 0.262. The zero-order valence-electron chi connectivity index (χ0n) is 15.7. The largest absolute Gasteiger partial charge is 0.383 e. The van der Waals surface area contributed by atoms with E-state index in [2.05, 4.69) is 34.1 Å². The van der Waals surface area contributed by atoms with Gasteiger partial charge in [-0.05, 0) is 55.0 Å². The Balaban J connectivity index is 1.43. The van der Waals surface area contributed by atoms with E-state index in [0.717, 1.165) is 39.1 Å². The quantitative estimate of drug-likeness (QED) is 0.897. The number of H-pyrrole nitrogens is 1. The second kappa shape index (κ2) is 7.41. The Labute approximate surface area is 155 Å². The van der Waals surface area contributed by atoms with Crippen molar-refractivity contribution in [2.75, 3.05) is 39.9 Å². The normalized spacial score (nSPS) is 24.7. The molecule has 1 N–H and O–H groups in total. The first-order valence-electron chi connectivity index (χ1n) is 9.73. The van der Waals surface area contributed by atoms with Crippen molar-refractivity contribution >= 4 is 16.8 Å². The number of aromatic nitrogens is 1. The van der Waals surface area contributed by atoms with Crippen molar-refractivity contribution < 1.29 is 9.53 Å². The molecule has 3 heterocycles. The first-order chi connectivity index (χ1) is 12.7. The van der Waals surface area contributed by atoms with Crippen LogP contribution in [0.4, 0.5) is 0 Å². The standard InChI is InChI=1S/C21H29N3O2/c1-26-12-11-24-16-21(8-5-20(24)25)7-2-10-23(15-21)14-17-3-4-19-18(13-17)6-9-22-19/h3-4,6,9,13,22H,2,5,7-8,10-12,14-16H2,1H3/t21-/m0/s1. The minimum Gasteiger partial charge on any atom is -0.383 e. The van der Waals surface area contributed by atoms with E-state index in [-0.39, 0.29) is 5.41 Å². The van der Waals surface area contributed by atoms with Gasteiger partial charge in [-0.2, -0.15) is 0 Å². The van der Waals surface area contributed by atoms with Crippen molar-refractivity contribution in [3.05, 3.63) is 36.0 Å². The summed E-state index contributed by atoms with van der Waals surface area (Å²) in [5.41, 5.74) is 2.83. The molecule has 2 aliphatic heterocycles. The van der Waals surface area contributed by atoms with E-state index in [1.807, 2.05) is 11.1 Å². The van der Waals surface area contributed by atoms with Crippen LogP contribution in [0.3, 0.4) is 0 Å². The summed E-state index contributed by atoms with van der Waals surface area (Å²) in [6, 6.07) is 8.84. The van der Waals surface area contributed by atoms with Crippen molar-refractivity contribution in [3.8, 4) is 0 Å². The van der Waals surface area contributed by atoms with Gasteiger partial charge >= 0.3 is 0 Å². The van der Waals surface area contributed by atoms with Crippen LogP contribution in [0.2, 0.25) is 0 Å². The number of carbonyl (C=O) groups is 1. The molecule has 1 aromatic carbocycles. The second-order valence-corrected chi connectivity index (χ2v) is 8.02.